The van der Waals surface area contributed by atoms with Crippen LogP contribution in [-0.4, -0.2) is 43.0 Å². The van der Waals surface area contributed by atoms with Gasteiger partial charge in [0.05, 0.1) is 5.69 Å². The topological polar surface area (TPSA) is 165 Å². The summed E-state index contributed by atoms with van der Waals surface area (Å²) in [5.41, 5.74) is 2.34. The van der Waals surface area contributed by atoms with Gasteiger partial charge in [-0.3, -0.25) is 9.78 Å². The van der Waals surface area contributed by atoms with Crippen molar-refractivity contribution in [3.05, 3.63) is 65.8 Å². The Balaban J connectivity index is 1.59. The van der Waals surface area contributed by atoms with E-state index in [2.05, 4.69) is 25.3 Å². The summed E-state index contributed by atoms with van der Waals surface area (Å²) in [7, 11) is -3.79. The van der Waals surface area contributed by atoms with Gasteiger partial charge in [0.2, 0.25) is 5.91 Å². The number of benzene rings is 1. The van der Waals surface area contributed by atoms with Crippen molar-refractivity contribution < 1.29 is 22.7 Å². The second kappa shape index (κ2) is 12.9. The highest BCUT2D eigenvalue weighted by atomic mass is 32.2. The maximum absolute atomic E-state index is 12.9. The summed E-state index contributed by atoms with van der Waals surface area (Å²) in [5.74, 6) is -0.461. The van der Waals surface area contributed by atoms with Gasteiger partial charge in [0, 0.05) is 35.4 Å². The molecule has 13 heteroatoms. The van der Waals surface area contributed by atoms with Crippen molar-refractivity contribution in [2.75, 3.05) is 11.9 Å². The largest absolute Gasteiger partial charge is 0.445 e. The van der Waals surface area contributed by atoms with E-state index in [1.54, 1.807) is 24.5 Å². The number of carbonyl (C=O) groups is 2. The Bertz CT molecular complexity index is 1210. The molecule has 0 spiro atoms. The molecule has 3 rings (SSSR count). The summed E-state index contributed by atoms with van der Waals surface area (Å²) in [6.07, 6.45) is 3.52. The molecule has 0 aliphatic rings. The van der Waals surface area contributed by atoms with E-state index in [1.165, 1.54) is 11.3 Å². The van der Waals surface area contributed by atoms with Crippen molar-refractivity contribution in [1.29, 1.82) is 0 Å². The molecule has 186 valence electrons. The molecule has 35 heavy (non-hydrogen) atoms. The summed E-state index contributed by atoms with van der Waals surface area (Å²) < 4.78 is 29.4. The fourth-order valence-electron chi connectivity index (χ4n) is 3.04. The van der Waals surface area contributed by atoms with Crippen molar-refractivity contribution in [2.45, 2.75) is 31.9 Å². The zero-order valence-electron chi connectivity index (χ0n) is 18.7. The third-order valence-electron chi connectivity index (χ3n) is 4.73. The van der Waals surface area contributed by atoms with E-state index in [1.807, 2.05) is 35.7 Å². The molecular weight excluding hydrogens is 492 g/mol. The molecule has 0 fully saturated rings. The molecule has 3 aromatic rings. The Hall–Kier alpha value is -3.39. The van der Waals surface area contributed by atoms with Crippen LogP contribution in [0, 0.1) is 0 Å². The van der Waals surface area contributed by atoms with Gasteiger partial charge in [-0.25, -0.2) is 19.6 Å². The number of nitrogens with one attached hydrogen (secondary N) is 3. The highest BCUT2D eigenvalue weighted by Gasteiger charge is 2.22. The molecule has 0 saturated carbocycles. The van der Waals surface area contributed by atoms with Crippen LogP contribution in [0.25, 0.3) is 11.3 Å². The summed E-state index contributed by atoms with van der Waals surface area (Å²) in [6, 6.07) is 12.1. The number of hydrogen-bond donors (Lipinski definition) is 4. The lowest BCUT2D eigenvalue weighted by atomic mass is 10.1. The Morgan fingerprint density at radius 1 is 1.11 bits per heavy atom. The van der Waals surface area contributed by atoms with Gasteiger partial charge >= 0.3 is 6.09 Å². The normalized spacial score (nSPS) is 12.0. The molecule has 11 nitrogen and oxygen atoms in total. The lowest BCUT2D eigenvalue weighted by Gasteiger charge is -2.17. The van der Waals surface area contributed by atoms with Gasteiger partial charge in [-0.15, -0.1) is 11.3 Å². The first kappa shape index (κ1) is 26.2. The fraction of sp³-hybridized carbons (Fsp3) is 0.273. The van der Waals surface area contributed by atoms with Crippen molar-refractivity contribution >= 4 is 38.7 Å². The molecule has 2 heterocycles. The number of ether oxygens (including phenoxy) is 1. The van der Waals surface area contributed by atoms with Gasteiger partial charge in [-0.05, 0) is 25.3 Å². The van der Waals surface area contributed by atoms with Crippen LogP contribution in [0.2, 0.25) is 0 Å². The van der Waals surface area contributed by atoms with E-state index < -0.39 is 28.3 Å². The lowest BCUT2D eigenvalue weighted by molar-refractivity contribution is -0.118. The summed E-state index contributed by atoms with van der Waals surface area (Å²) in [4.78, 5) is 33.7. The zero-order chi connectivity index (χ0) is 25.1. The minimum Gasteiger partial charge on any atom is -0.445 e. The number of pyridine rings is 1. The van der Waals surface area contributed by atoms with E-state index >= 15 is 0 Å². The summed E-state index contributed by atoms with van der Waals surface area (Å²) in [5, 5.41) is 12.4. The molecule has 1 atom stereocenters. The molecule has 5 N–H and O–H groups in total. The van der Waals surface area contributed by atoms with Gasteiger partial charge in [0.15, 0.2) is 5.13 Å². The summed E-state index contributed by atoms with van der Waals surface area (Å²) in [6.45, 7) is 0.116. The van der Waals surface area contributed by atoms with E-state index in [9.17, 15) is 18.0 Å². The van der Waals surface area contributed by atoms with Gasteiger partial charge < -0.3 is 15.4 Å². The first-order valence-electron chi connectivity index (χ1n) is 10.7. The quantitative estimate of drug-likeness (QED) is 0.267. The number of carbonyl (C=O) groups excluding carboxylic acids is 2. The molecule has 0 bridgehead atoms. The Morgan fingerprint density at radius 3 is 2.63 bits per heavy atom. The maximum Gasteiger partial charge on any atom is 0.408 e. The number of alkyl carbamates (subject to hydrolysis) is 1. The number of nitrogens with two attached hydrogens (primary N) is 1. The van der Waals surface area contributed by atoms with E-state index in [0.29, 0.717) is 23.5 Å². The summed E-state index contributed by atoms with van der Waals surface area (Å²) >= 11 is 1.27. The highest BCUT2D eigenvalue weighted by Crippen LogP contribution is 2.24. The predicted octanol–water partition coefficient (Wildman–Crippen LogP) is 2.40. The number of hydrogen-bond acceptors (Lipinski definition) is 8. The van der Waals surface area contributed by atoms with Gasteiger partial charge in [-0.2, -0.15) is 8.42 Å². The minimum absolute atomic E-state index is 0.000786. The van der Waals surface area contributed by atoms with Crippen LogP contribution in [0.3, 0.4) is 0 Å². The van der Waals surface area contributed by atoms with Crippen molar-refractivity contribution in [1.82, 2.24) is 20.0 Å². The van der Waals surface area contributed by atoms with Gasteiger partial charge in [-0.1, -0.05) is 36.4 Å². The average Bonchev–Trinajstić information content (AvgIpc) is 3.31. The number of aromatic nitrogens is 2. The van der Waals surface area contributed by atoms with E-state index in [-0.39, 0.29) is 19.6 Å². The van der Waals surface area contributed by atoms with Gasteiger partial charge in [0.1, 0.15) is 12.6 Å². The molecule has 0 aliphatic carbocycles. The number of thiazole rings is 1. The molecule has 2 aromatic heterocycles. The lowest BCUT2D eigenvalue weighted by Crippen LogP contribution is -2.44. The molecule has 0 aliphatic heterocycles. The standard InChI is InChI=1S/C22H26N6O5S2/c23-35(31,32)25-12-5-4-10-18(27-22(30)33-14-16-7-6-11-24-13-16)20(29)28-21-26-19(15-34-21)17-8-2-1-3-9-17/h1-3,6-9,11,13,15,18,25H,4-5,10,12,14H2,(H,27,30)(H2,23,31,32)(H,26,28,29)/t18-/m0/s1. The first-order chi connectivity index (χ1) is 16.8. The molecule has 0 radical (unpaired) electrons. The predicted molar refractivity (Wildman–Crippen MR) is 132 cm³/mol. The van der Waals surface area contributed by atoms with Crippen LogP contribution in [-0.2, 0) is 26.3 Å². The van der Waals surface area contributed by atoms with Gasteiger partial charge in [0.25, 0.3) is 10.2 Å². The van der Waals surface area contributed by atoms with Crippen molar-refractivity contribution in [3.8, 4) is 11.3 Å². The number of amides is 2. The smallest absolute Gasteiger partial charge is 0.408 e. The van der Waals surface area contributed by atoms with E-state index in [0.717, 1.165) is 11.3 Å². The fourth-order valence-corrected chi connectivity index (χ4v) is 4.19. The molecule has 1 aromatic carbocycles. The highest BCUT2D eigenvalue weighted by molar-refractivity contribution is 7.87. The number of nitrogens with zero attached hydrogens (tertiary/aromatic N) is 2. The Kier molecular flexibility index (Phi) is 9.66. The average molecular weight is 519 g/mol. The zero-order valence-corrected chi connectivity index (χ0v) is 20.3. The molecule has 2 amide bonds. The molecular formula is C22H26N6O5S2. The third-order valence-corrected chi connectivity index (χ3v) is 6.09. The third kappa shape index (κ3) is 9.41. The first-order valence-corrected chi connectivity index (χ1v) is 13.1. The van der Waals surface area contributed by atoms with Crippen molar-refractivity contribution in [2.24, 2.45) is 5.14 Å². The van der Waals surface area contributed by atoms with Crippen LogP contribution in [0.15, 0.2) is 60.2 Å². The second-order valence-electron chi connectivity index (χ2n) is 7.46. The molecule has 0 saturated heterocycles. The number of rotatable bonds is 12. The number of anilines is 1. The van der Waals surface area contributed by atoms with Crippen LogP contribution in [0.4, 0.5) is 9.93 Å². The monoisotopic (exact) mass is 518 g/mol. The van der Waals surface area contributed by atoms with Crippen LogP contribution < -0.4 is 20.5 Å². The Labute approximate surface area is 207 Å². The molecule has 0 unspecified atom stereocenters. The number of unbranched alkanes of at least 4 members (excludes halogenated alkanes) is 1. The van der Waals surface area contributed by atoms with Crippen LogP contribution in [0.5, 0.6) is 0 Å². The minimum atomic E-state index is -3.79. The SMILES string of the molecule is NS(=O)(=O)NCCCC[C@H](NC(=O)OCc1cccnc1)C(=O)Nc1nc(-c2ccccc2)cs1. The Morgan fingerprint density at radius 2 is 1.91 bits per heavy atom. The van der Waals surface area contributed by atoms with Crippen LogP contribution >= 0.6 is 11.3 Å². The maximum atomic E-state index is 12.9. The van der Waals surface area contributed by atoms with E-state index in [4.69, 9.17) is 9.88 Å². The second-order valence-corrected chi connectivity index (χ2v) is 9.70. The van der Waals surface area contributed by atoms with Crippen molar-refractivity contribution in [3.63, 3.8) is 0 Å². The van der Waals surface area contributed by atoms with Crippen LogP contribution in [0.1, 0.15) is 24.8 Å².